The highest BCUT2D eigenvalue weighted by Crippen LogP contribution is 2.49. The van der Waals surface area contributed by atoms with Crippen LogP contribution in [0.25, 0.3) is 0 Å². The summed E-state index contributed by atoms with van der Waals surface area (Å²) in [5.74, 6) is 4.32. The Labute approximate surface area is 64.0 Å². The third kappa shape index (κ3) is 0.810. The van der Waals surface area contributed by atoms with Crippen molar-refractivity contribution in [1.29, 1.82) is 0 Å². The fraction of sp³-hybridized carbons (Fsp3) is 1.00. The van der Waals surface area contributed by atoms with E-state index in [9.17, 15) is 0 Å². The van der Waals surface area contributed by atoms with Crippen LogP contribution in [-0.4, -0.2) is 0 Å². The highest BCUT2D eigenvalue weighted by Gasteiger charge is 2.40. The van der Waals surface area contributed by atoms with E-state index in [0.29, 0.717) is 0 Å². The standard InChI is InChI=1S/C10H18/c1-7-3-4-9-5-6-10(9)8(7)2/h7-10H,3-6H2,1-2H3/t7-,8-,9?,10+/m0/s1. The van der Waals surface area contributed by atoms with E-state index in [2.05, 4.69) is 13.8 Å². The molecule has 0 heterocycles. The zero-order chi connectivity index (χ0) is 7.14. The van der Waals surface area contributed by atoms with Crippen molar-refractivity contribution in [1.82, 2.24) is 0 Å². The molecule has 0 heteroatoms. The summed E-state index contributed by atoms with van der Waals surface area (Å²) in [7, 11) is 0. The van der Waals surface area contributed by atoms with Crippen LogP contribution in [0, 0.1) is 23.7 Å². The molecule has 0 aliphatic heterocycles. The maximum absolute atomic E-state index is 2.46. The van der Waals surface area contributed by atoms with E-state index < -0.39 is 0 Å². The molecule has 2 aliphatic rings. The molecule has 0 aromatic rings. The largest absolute Gasteiger partial charge is 0.0622 e. The molecule has 0 bridgehead atoms. The van der Waals surface area contributed by atoms with Crippen LogP contribution < -0.4 is 0 Å². The van der Waals surface area contributed by atoms with Gasteiger partial charge < -0.3 is 0 Å². The molecule has 58 valence electrons. The number of hydrogen-bond acceptors (Lipinski definition) is 0. The van der Waals surface area contributed by atoms with Crippen LogP contribution in [0.4, 0.5) is 0 Å². The van der Waals surface area contributed by atoms with E-state index in [-0.39, 0.29) is 0 Å². The van der Waals surface area contributed by atoms with Gasteiger partial charge in [0.1, 0.15) is 0 Å². The van der Waals surface area contributed by atoms with E-state index in [1.54, 1.807) is 6.42 Å². The topological polar surface area (TPSA) is 0 Å². The lowest BCUT2D eigenvalue weighted by Crippen LogP contribution is -2.38. The molecule has 0 spiro atoms. The van der Waals surface area contributed by atoms with Gasteiger partial charge in [-0.05, 0) is 42.9 Å². The molecule has 2 rings (SSSR count). The first-order valence-electron chi connectivity index (χ1n) is 4.79. The summed E-state index contributed by atoms with van der Waals surface area (Å²) < 4.78 is 0. The highest BCUT2D eigenvalue weighted by molar-refractivity contribution is 4.90. The third-order valence-corrected chi connectivity index (χ3v) is 4.04. The molecule has 0 nitrogen and oxygen atoms in total. The summed E-state index contributed by atoms with van der Waals surface area (Å²) in [5, 5.41) is 0. The molecular formula is C10H18. The maximum atomic E-state index is 2.46. The van der Waals surface area contributed by atoms with Crippen LogP contribution >= 0.6 is 0 Å². The van der Waals surface area contributed by atoms with E-state index in [1.807, 2.05) is 0 Å². The molecule has 1 unspecified atom stereocenters. The first-order chi connectivity index (χ1) is 4.79. The van der Waals surface area contributed by atoms with Gasteiger partial charge in [0.05, 0.1) is 0 Å². The first-order valence-corrected chi connectivity index (χ1v) is 4.79. The summed E-state index contributed by atoms with van der Waals surface area (Å²) >= 11 is 0. The van der Waals surface area contributed by atoms with Crippen molar-refractivity contribution < 1.29 is 0 Å². The molecule has 0 saturated heterocycles. The van der Waals surface area contributed by atoms with E-state index >= 15 is 0 Å². The molecule has 4 atom stereocenters. The van der Waals surface area contributed by atoms with E-state index in [4.69, 9.17) is 0 Å². The zero-order valence-corrected chi connectivity index (χ0v) is 7.14. The van der Waals surface area contributed by atoms with Crippen molar-refractivity contribution in [2.24, 2.45) is 23.7 Å². The molecule has 0 radical (unpaired) electrons. The Hall–Kier alpha value is 0. The van der Waals surface area contributed by atoms with Crippen LogP contribution in [0.15, 0.2) is 0 Å². The van der Waals surface area contributed by atoms with Gasteiger partial charge in [0.25, 0.3) is 0 Å². The average molecular weight is 138 g/mol. The van der Waals surface area contributed by atoms with Gasteiger partial charge in [-0.2, -0.15) is 0 Å². The molecule has 2 aliphatic carbocycles. The number of fused-ring (bicyclic) bond motifs is 1. The van der Waals surface area contributed by atoms with Gasteiger partial charge in [0.2, 0.25) is 0 Å². The maximum Gasteiger partial charge on any atom is -0.0357 e. The van der Waals surface area contributed by atoms with Crippen molar-refractivity contribution in [3.05, 3.63) is 0 Å². The van der Waals surface area contributed by atoms with Gasteiger partial charge in [0, 0.05) is 0 Å². The fourth-order valence-corrected chi connectivity index (χ4v) is 2.81. The van der Waals surface area contributed by atoms with Crippen molar-refractivity contribution in [3.63, 3.8) is 0 Å². The van der Waals surface area contributed by atoms with Crippen LogP contribution in [0.5, 0.6) is 0 Å². The van der Waals surface area contributed by atoms with E-state index in [1.165, 1.54) is 19.3 Å². The Morgan fingerprint density at radius 3 is 2.10 bits per heavy atom. The quantitative estimate of drug-likeness (QED) is 0.482. The Balaban J connectivity index is 2.01. The second-order valence-electron chi connectivity index (χ2n) is 4.42. The summed E-state index contributed by atoms with van der Waals surface area (Å²) in [6, 6.07) is 0. The van der Waals surface area contributed by atoms with Crippen LogP contribution in [0.3, 0.4) is 0 Å². The van der Waals surface area contributed by atoms with Gasteiger partial charge in [-0.15, -0.1) is 0 Å². The lowest BCUT2D eigenvalue weighted by molar-refractivity contribution is 0.0269. The Morgan fingerprint density at radius 2 is 1.60 bits per heavy atom. The molecule has 0 N–H and O–H groups in total. The lowest BCUT2D eigenvalue weighted by atomic mass is 9.58. The van der Waals surface area contributed by atoms with Crippen LogP contribution in [-0.2, 0) is 0 Å². The monoisotopic (exact) mass is 138 g/mol. The average Bonchev–Trinajstić information content (AvgIpc) is 1.82. The minimum absolute atomic E-state index is 1.02. The Kier molecular flexibility index (Phi) is 1.51. The third-order valence-electron chi connectivity index (χ3n) is 4.04. The molecule has 2 fully saturated rings. The second kappa shape index (κ2) is 2.25. The molecule has 2 saturated carbocycles. The minimum atomic E-state index is 1.02. The predicted octanol–water partition coefficient (Wildman–Crippen LogP) is 3.08. The smallest absolute Gasteiger partial charge is 0.0357 e. The summed E-state index contributed by atoms with van der Waals surface area (Å²) in [5.41, 5.74) is 0. The highest BCUT2D eigenvalue weighted by atomic mass is 14.4. The van der Waals surface area contributed by atoms with Crippen LogP contribution in [0.1, 0.15) is 39.5 Å². The van der Waals surface area contributed by atoms with Crippen molar-refractivity contribution in [3.8, 4) is 0 Å². The molecule has 0 amide bonds. The second-order valence-corrected chi connectivity index (χ2v) is 4.42. The van der Waals surface area contributed by atoms with Gasteiger partial charge in [-0.1, -0.05) is 20.3 Å². The Morgan fingerprint density at radius 1 is 0.900 bits per heavy atom. The molecule has 0 aromatic carbocycles. The zero-order valence-electron chi connectivity index (χ0n) is 7.14. The van der Waals surface area contributed by atoms with Gasteiger partial charge >= 0.3 is 0 Å². The Bertz CT molecular complexity index is 122. The lowest BCUT2D eigenvalue weighted by Gasteiger charge is -2.47. The van der Waals surface area contributed by atoms with Crippen molar-refractivity contribution in [2.75, 3.05) is 0 Å². The summed E-state index contributed by atoms with van der Waals surface area (Å²) in [6.45, 7) is 4.89. The summed E-state index contributed by atoms with van der Waals surface area (Å²) in [6.07, 6.45) is 6.12. The fourth-order valence-electron chi connectivity index (χ4n) is 2.81. The minimum Gasteiger partial charge on any atom is -0.0622 e. The summed E-state index contributed by atoms with van der Waals surface area (Å²) in [4.78, 5) is 0. The van der Waals surface area contributed by atoms with Crippen molar-refractivity contribution in [2.45, 2.75) is 39.5 Å². The van der Waals surface area contributed by atoms with E-state index in [0.717, 1.165) is 23.7 Å². The number of hydrogen-bond donors (Lipinski definition) is 0. The molecule has 10 heavy (non-hydrogen) atoms. The SMILES string of the molecule is C[C@H]1[C@@H](C)CCC2CC[C@@H]21. The van der Waals surface area contributed by atoms with Crippen LogP contribution in [0.2, 0.25) is 0 Å². The first kappa shape index (κ1) is 6.69. The molecule has 0 aromatic heterocycles. The van der Waals surface area contributed by atoms with Gasteiger partial charge in [0.15, 0.2) is 0 Å². The predicted molar refractivity (Wildman–Crippen MR) is 43.8 cm³/mol. The van der Waals surface area contributed by atoms with Gasteiger partial charge in [-0.25, -0.2) is 0 Å². The number of rotatable bonds is 0. The van der Waals surface area contributed by atoms with Crippen molar-refractivity contribution >= 4 is 0 Å². The van der Waals surface area contributed by atoms with Gasteiger partial charge in [-0.3, -0.25) is 0 Å². The molecular weight excluding hydrogens is 120 g/mol. The normalized spacial score (nSPS) is 53.4.